The number of hydrogen-bond acceptors (Lipinski definition) is 2. The van der Waals surface area contributed by atoms with Crippen LogP contribution in [0.3, 0.4) is 0 Å². The van der Waals surface area contributed by atoms with Crippen molar-refractivity contribution in [3.05, 3.63) is 35.4 Å². The van der Waals surface area contributed by atoms with Crippen LogP contribution in [-0.2, 0) is 12.8 Å². The topological polar surface area (TPSA) is 29.3 Å². The van der Waals surface area contributed by atoms with Crippen molar-refractivity contribution < 1.29 is 0 Å². The zero-order valence-electron chi connectivity index (χ0n) is 12.6. The highest BCUT2D eigenvalue weighted by Gasteiger charge is 2.23. The average molecular weight is 272 g/mol. The van der Waals surface area contributed by atoms with Gasteiger partial charge >= 0.3 is 0 Å². The van der Waals surface area contributed by atoms with Gasteiger partial charge in [0.05, 0.1) is 0 Å². The summed E-state index contributed by atoms with van der Waals surface area (Å²) < 4.78 is 0. The van der Waals surface area contributed by atoms with E-state index < -0.39 is 0 Å². The number of fused-ring (bicyclic) bond motifs is 1. The van der Waals surface area contributed by atoms with Crippen LogP contribution in [-0.4, -0.2) is 31.1 Å². The van der Waals surface area contributed by atoms with Crippen molar-refractivity contribution in [2.45, 2.75) is 38.5 Å². The lowest BCUT2D eigenvalue weighted by Gasteiger charge is -2.31. The van der Waals surface area contributed by atoms with Gasteiger partial charge in [0.2, 0.25) is 0 Å². The second-order valence-corrected chi connectivity index (χ2v) is 6.69. The minimum absolute atomic E-state index is 0.805. The molecule has 1 aromatic carbocycles. The number of rotatable bonds is 3. The molecule has 0 spiro atoms. The molecule has 1 heterocycles. The summed E-state index contributed by atoms with van der Waals surface area (Å²) in [6.07, 6.45) is 7.96. The van der Waals surface area contributed by atoms with Gasteiger partial charge in [0.25, 0.3) is 0 Å². The summed E-state index contributed by atoms with van der Waals surface area (Å²) in [7, 11) is 0. The Bertz CT molecular complexity index is 394. The van der Waals surface area contributed by atoms with Gasteiger partial charge in [-0.2, -0.15) is 0 Å². The van der Waals surface area contributed by atoms with Gasteiger partial charge in [0, 0.05) is 19.6 Å². The van der Waals surface area contributed by atoms with E-state index in [1.165, 1.54) is 58.2 Å². The fraction of sp³-hybridized carbons (Fsp3) is 0.667. The maximum atomic E-state index is 5.79. The van der Waals surface area contributed by atoms with Crippen molar-refractivity contribution in [2.24, 2.45) is 17.6 Å². The van der Waals surface area contributed by atoms with Crippen molar-refractivity contribution in [1.29, 1.82) is 0 Å². The first-order valence-electron chi connectivity index (χ1n) is 8.34. The van der Waals surface area contributed by atoms with Crippen LogP contribution in [0.15, 0.2) is 24.3 Å². The lowest BCUT2D eigenvalue weighted by atomic mass is 9.82. The fourth-order valence-electron chi connectivity index (χ4n) is 3.91. The molecular weight excluding hydrogens is 244 g/mol. The zero-order valence-corrected chi connectivity index (χ0v) is 12.6. The SMILES string of the molecule is NCC1CCC(CN2CCc3ccccc3CC2)CC1. The molecule has 1 saturated carbocycles. The first-order chi connectivity index (χ1) is 9.85. The molecule has 2 aliphatic rings. The third-order valence-corrected chi connectivity index (χ3v) is 5.33. The highest BCUT2D eigenvalue weighted by molar-refractivity contribution is 5.28. The number of benzene rings is 1. The number of nitrogens with two attached hydrogens (primary N) is 1. The van der Waals surface area contributed by atoms with Crippen molar-refractivity contribution in [1.82, 2.24) is 4.90 Å². The lowest BCUT2D eigenvalue weighted by Crippen LogP contribution is -2.34. The van der Waals surface area contributed by atoms with E-state index in [2.05, 4.69) is 29.2 Å². The van der Waals surface area contributed by atoms with Crippen molar-refractivity contribution >= 4 is 0 Å². The molecule has 1 fully saturated rings. The monoisotopic (exact) mass is 272 g/mol. The summed E-state index contributed by atoms with van der Waals surface area (Å²) >= 11 is 0. The first kappa shape index (κ1) is 14.1. The molecule has 1 aliphatic heterocycles. The van der Waals surface area contributed by atoms with Gasteiger partial charge in [-0.1, -0.05) is 24.3 Å². The minimum Gasteiger partial charge on any atom is -0.330 e. The average Bonchev–Trinajstić information content (AvgIpc) is 2.71. The summed E-state index contributed by atoms with van der Waals surface area (Å²) in [5, 5.41) is 0. The Labute approximate surface area is 123 Å². The van der Waals surface area contributed by atoms with Crippen LogP contribution in [0.1, 0.15) is 36.8 Å². The highest BCUT2D eigenvalue weighted by atomic mass is 15.1. The maximum Gasteiger partial charge on any atom is 0.00222 e. The molecule has 3 rings (SSSR count). The highest BCUT2D eigenvalue weighted by Crippen LogP contribution is 2.29. The van der Waals surface area contributed by atoms with Crippen LogP contribution >= 0.6 is 0 Å². The summed E-state index contributed by atoms with van der Waals surface area (Å²) in [4.78, 5) is 2.70. The largest absolute Gasteiger partial charge is 0.330 e. The molecule has 2 heteroatoms. The molecule has 0 amide bonds. The molecule has 0 atom stereocenters. The molecular formula is C18H28N2. The van der Waals surface area contributed by atoms with E-state index in [1.54, 1.807) is 11.1 Å². The van der Waals surface area contributed by atoms with Crippen LogP contribution in [0.2, 0.25) is 0 Å². The van der Waals surface area contributed by atoms with E-state index in [4.69, 9.17) is 5.73 Å². The number of nitrogens with zero attached hydrogens (tertiary/aromatic N) is 1. The smallest absolute Gasteiger partial charge is 0.00222 e. The van der Waals surface area contributed by atoms with Crippen molar-refractivity contribution in [3.8, 4) is 0 Å². The van der Waals surface area contributed by atoms with E-state index in [9.17, 15) is 0 Å². The standard InChI is InChI=1S/C18H28N2/c19-13-15-5-7-16(8-6-15)14-20-11-9-17-3-1-2-4-18(17)10-12-20/h1-4,15-16H,5-14,19H2. The van der Waals surface area contributed by atoms with Gasteiger partial charge < -0.3 is 10.6 Å². The van der Waals surface area contributed by atoms with E-state index in [1.807, 2.05) is 0 Å². The molecule has 0 unspecified atom stereocenters. The second-order valence-electron chi connectivity index (χ2n) is 6.69. The first-order valence-corrected chi connectivity index (χ1v) is 8.34. The Morgan fingerprint density at radius 1 is 0.900 bits per heavy atom. The van der Waals surface area contributed by atoms with Crippen LogP contribution in [0.4, 0.5) is 0 Å². The quantitative estimate of drug-likeness (QED) is 0.917. The Balaban J connectivity index is 1.51. The predicted molar refractivity (Wildman–Crippen MR) is 84.8 cm³/mol. The van der Waals surface area contributed by atoms with Crippen LogP contribution in [0, 0.1) is 11.8 Å². The second kappa shape index (κ2) is 6.73. The van der Waals surface area contributed by atoms with E-state index in [0.717, 1.165) is 18.4 Å². The van der Waals surface area contributed by atoms with Gasteiger partial charge in [-0.05, 0) is 68.0 Å². The molecule has 110 valence electrons. The normalized spacial score (nSPS) is 27.9. The Morgan fingerprint density at radius 3 is 2.00 bits per heavy atom. The van der Waals surface area contributed by atoms with Gasteiger partial charge in [0.15, 0.2) is 0 Å². The molecule has 0 aromatic heterocycles. The van der Waals surface area contributed by atoms with Crippen LogP contribution in [0.25, 0.3) is 0 Å². The molecule has 2 nitrogen and oxygen atoms in total. The van der Waals surface area contributed by atoms with Crippen molar-refractivity contribution in [3.63, 3.8) is 0 Å². The molecule has 0 radical (unpaired) electrons. The molecule has 20 heavy (non-hydrogen) atoms. The maximum absolute atomic E-state index is 5.79. The summed E-state index contributed by atoms with van der Waals surface area (Å²) in [6, 6.07) is 8.99. The Morgan fingerprint density at radius 2 is 1.45 bits per heavy atom. The molecule has 1 aliphatic carbocycles. The summed E-state index contributed by atoms with van der Waals surface area (Å²) in [6.45, 7) is 4.69. The zero-order chi connectivity index (χ0) is 13.8. The Kier molecular flexibility index (Phi) is 4.74. The van der Waals surface area contributed by atoms with E-state index >= 15 is 0 Å². The fourth-order valence-corrected chi connectivity index (χ4v) is 3.91. The van der Waals surface area contributed by atoms with Gasteiger partial charge in [-0.3, -0.25) is 0 Å². The lowest BCUT2D eigenvalue weighted by molar-refractivity contribution is 0.187. The molecule has 1 aromatic rings. The van der Waals surface area contributed by atoms with Gasteiger partial charge in [0.1, 0.15) is 0 Å². The van der Waals surface area contributed by atoms with Crippen LogP contribution < -0.4 is 5.73 Å². The third-order valence-electron chi connectivity index (χ3n) is 5.33. The molecule has 0 bridgehead atoms. The summed E-state index contributed by atoms with van der Waals surface area (Å²) in [5.74, 6) is 1.72. The molecule has 0 saturated heterocycles. The number of hydrogen-bond donors (Lipinski definition) is 1. The minimum atomic E-state index is 0.805. The molecule has 2 N–H and O–H groups in total. The van der Waals surface area contributed by atoms with Gasteiger partial charge in [-0.25, -0.2) is 0 Å². The van der Waals surface area contributed by atoms with E-state index in [0.29, 0.717) is 0 Å². The summed E-state index contributed by atoms with van der Waals surface area (Å²) in [5.41, 5.74) is 8.93. The van der Waals surface area contributed by atoms with E-state index in [-0.39, 0.29) is 0 Å². The van der Waals surface area contributed by atoms with Gasteiger partial charge in [-0.15, -0.1) is 0 Å². The van der Waals surface area contributed by atoms with Crippen molar-refractivity contribution in [2.75, 3.05) is 26.2 Å². The third kappa shape index (κ3) is 3.42. The Hall–Kier alpha value is -0.860. The van der Waals surface area contributed by atoms with Crippen LogP contribution in [0.5, 0.6) is 0 Å². The predicted octanol–water partition coefficient (Wildman–Crippen LogP) is 2.85.